The van der Waals surface area contributed by atoms with Crippen LogP contribution < -0.4 is 10.6 Å². The van der Waals surface area contributed by atoms with Gasteiger partial charge in [-0.1, -0.05) is 0 Å². The molecule has 1 fully saturated rings. The highest BCUT2D eigenvalue weighted by atomic mass is 16.5. The van der Waals surface area contributed by atoms with Gasteiger partial charge in [0.05, 0.1) is 18.8 Å². The first-order valence-electron chi connectivity index (χ1n) is 6.09. The molecule has 1 amide bonds. The molecule has 1 atom stereocenters. The van der Waals surface area contributed by atoms with E-state index in [2.05, 4.69) is 10.6 Å². The summed E-state index contributed by atoms with van der Waals surface area (Å²) < 4.78 is 5.27. The van der Waals surface area contributed by atoms with Gasteiger partial charge in [-0.3, -0.25) is 4.79 Å². The average molecular weight is 264 g/mol. The number of aromatic carboxylic acids is 1. The van der Waals surface area contributed by atoms with E-state index in [0.29, 0.717) is 25.3 Å². The molecule has 0 radical (unpaired) electrons. The molecule has 0 aromatic heterocycles. The summed E-state index contributed by atoms with van der Waals surface area (Å²) in [4.78, 5) is 22.5. The number of carbonyl (C=O) groups is 2. The zero-order valence-corrected chi connectivity index (χ0v) is 10.4. The zero-order chi connectivity index (χ0) is 13.7. The lowest BCUT2D eigenvalue weighted by atomic mass is 10.1. The summed E-state index contributed by atoms with van der Waals surface area (Å²) in [6.45, 7) is 1.96. The molecule has 1 saturated heterocycles. The van der Waals surface area contributed by atoms with Crippen LogP contribution in [0.15, 0.2) is 24.3 Å². The number of benzene rings is 1. The molecule has 0 aliphatic carbocycles. The van der Waals surface area contributed by atoms with Gasteiger partial charge in [0, 0.05) is 24.7 Å². The minimum atomic E-state index is -0.985. The maximum absolute atomic E-state index is 11.8. The lowest BCUT2D eigenvalue weighted by Crippen LogP contribution is -2.43. The third-order valence-corrected chi connectivity index (χ3v) is 2.85. The summed E-state index contributed by atoms with van der Waals surface area (Å²) in [7, 11) is 0. The van der Waals surface area contributed by atoms with E-state index in [1.165, 1.54) is 12.1 Å². The van der Waals surface area contributed by atoms with Crippen LogP contribution in [-0.4, -0.2) is 42.8 Å². The highest BCUT2D eigenvalue weighted by Crippen LogP contribution is 2.10. The molecule has 1 aliphatic rings. The molecule has 102 valence electrons. The van der Waals surface area contributed by atoms with Crippen LogP contribution in [0.3, 0.4) is 0 Å². The van der Waals surface area contributed by atoms with Crippen molar-refractivity contribution in [2.75, 3.05) is 25.1 Å². The van der Waals surface area contributed by atoms with Gasteiger partial charge in [-0.15, -0.1) is 0 Å². The van der Waals surface area contributed by atoms with Crippen LogP contribution in [-0.2, 0) is 9.53 Å². The first-order chi connectivity index (χ1) is 9.15. The Labute approximate surface area is 110 Å². The second-order valence-corrected chi connectivity index (χ2v) is 4.36. The van der Waals surface area contributed by atoms with Crippen LogP contribution in [0.4, 0.5) is 5.69 Å². The van der Waals surface area contributed by atoms with E-state index in [0.717, 1.165) is 6.54 Å². The standard InChI is InChI=1S/C13H16N2O4/c16-12(7-11-8-19-6-5-14-11)15-10-3-1-9(2-4-10)13(17)18/h1-4,11,14H,5-8H2,(H,15,16)(H,17,18). The molecule has 1 unspecified atom stereocenters. The summed E-state index contributed by atoms with van der Waals surface area (Å²) in [5, 5.41) is 14.7. The third-order valence-electron chi connectivity index (χ3n) is 2.85. The van der Waals surface area contributed by atoms with Crippen LogP contribution in [0.5, 0.6) is 0 Å². The number of carboxylic acid groups (broad SMARTS) is 1. The van der Waals surface area contributed by atoms with Gasteiger partial charge in [-0.25, -0.2) is 4.79 Å². The van der Waals surface area contributed by atoms with Gasteiger partial charge >= 0.3 is 5.97 Å². The molecule has 1 aliphatic heterocycles. The second kappa shape index (κ2) is 6.31. The Morgan fingerprint density at radius 1 is 1.37 bits per heavy atom. The van der Waals surface area contributed by atoms with Crippen molar-refractivity contribution >= 4 is 17.6 Å². The van der Waals surface area contributed by atoms with Crippen molar-refractivity contribution in [2.24, 2.45) is 0 Å². The number of ether oxygens (including phenoxy) is 1. The van der Waals surface area contributed by atoms with E-state index in [9.17, 15) is 9.59 Å². The monoisotopic (exact) mass is 264 g/mol. The molecule has 3 N–H and O–H groups in total. The Morgan fingerprint density at radius 3 is 2.68 bits per heavy atom. The average Bonchev–Trinajstić information content (AvgIpc) is 2.40. The number of carbonyl (C=O) groups excluding carboxylic acids is 1. The summed E-state index contributed by atoms with van der Waals surface area (Å²) in [6.07, 6.45) is 0.334. The number of anilines is 1. The van der Waals surface area contributed by atoms with Crippen LogP contribution in [0.1, 0.15) is 16.8 Å². The molecular weight excluding hydrogens is 248 g/mol. The van der Waals surface area contributed by atoms with Crippen LogP contribution in [0.2, 0.25) is 0 Å². The molecule has 2 rings (SSSR count). The Bertz CT molecular complexity index is 452. The van der Waals surface area contributed by atoms with Crippen molar-refractivity contribution in [3.05, 3.63) is 29.8 Å². The van der Waals surface area contributed by atoms with Crippen molar-refractivity contribution < 1.29 is 19.4 Å². The first kappa shape index (κ1) is 13.5. The molecule has 6 nitrogen and oxygen atoms in total. The van der Waals surface area contributed by atoms with Gasteiger partial charge in [0.2, 0.25) is 5.91 Å². The van der Waals surface area contributed by atoms with Gasteiger partial charge in [0.25, 0.3) is 0 Å². The fourth-order valence-corrected chi connectivity index (χ4v) is 1.88. The molecule has 1 aromatic rings. The van der Waals surface area contributed by atoms with Gasteiger partial charge in [-0.05, 0) is 24.3 Å². The van der Waals surface area contributed by atoms with Crippen molar-refractivity contribution in [1.29, 1.82) is 0 Å². The lowest BCUT2D eigenvalue weighted by Gasteiger charge is -2.23. The molecule has 0 bridgehead atoms. The molecule has 1 heterocycles. The lowest BCUT2D eigenvalue weighted by molar-refractivity contribution is -0.117. The fraction of sp³-hybridized carbons (Fsp3) is 0.385. The Hall–Kier alpha value is -1.92. The number of carboxylic acids is 1. The van der Waals surface area contributed by atoms with Gasteiger partial charge in [-0.2, -0.15) is 0 Å². The Balaban J connectivity index is 1.85. The topological polar surface area (TPSA) is 87.7 Å². The number of amides is 1. The fourth-order valence-electron chi connectivity index (χ4n) is 1.88. The predicted octanol–water partition coefficient (Wildman–Crippen LogP) is 0.702. The largest absolute Gasteiger partial charge is 0.478 e. The van der Waals surface area contributed by atoms with Crippen molar-refractivity contribution in [3.8, 4) is 0 Å². The normalized spacial score (nSPS) is 18.8. The highest BCUT2D eigenvalue weighted by molar-refractivity contribution is 5.92. The quantitative estimate of drug-likeness (QED) is 0.745. The maximum atomic E-state index is 11.8. The number of nitrogens with one attached hydrogen (secondary N) is 2. The van der Waals surface area contributed by atoms with Crippen LogP contribution in [0, 0.1) is 0 Å². The summed E-state index contributed by atoms with van der Waals surface area (Å²) in [5.74, 6) is -1.10. The zero-order valence-electron chi connectivity index (χ0n) is 10.4. The van der Waals surface area contributed by atoms with E-state index < -0.39 is 5.97 Å². The predicted molar refractivity (Wildman–Crippen MR) is 69.3 cm³/mol. The Morgan fingerprint density at radius 2 is 2.11 bits per heavy atom. The van der Waals surface area contributed by atoms with Gasteiger partial charge < -0.3 is 20.5 Å². The number of hydrogen-bond acceptors (Lipinski definition) is 4. The van der Waals surface area contributed by atoms with Crippen LogP contribution in [0.25, 0.3) is 0 Å². The summed E-state index contributed by atoms with van der Waals surface area (Å²) in [5.41, 5.74) is 0.784. The van der Waals surface area contributed by atoms with Gasteiger partial charge in [0.1, 0.15) is 0 Å². The summed E-state index contributed by atoms with van der Waals surface area (Å²) in [6, 6.07) is 6.10. The van der Waals surface area contributed by atoms with Crippen molar-refractivity contribution in [3.63, 3.8) is 0 Å². The van der Waals surface area contributed by atoms with Crippen LogP contribution >= 0.6 is 0 Å². The smallest absolute Gasteiger partial charge is 0.335 e. The SMILES string of the molecule is O=C(CC1COCCN1)Nc1ccc(C(=O)O)cc1. The van der Waals surface area contributed by atoms with E-state index in [4.69, 9.17) is 9.84 Å². The first-order valence-corrected chi connectivity index (χ1v) is 6.09. The number of morpholine rings is 1. The summed E-state index contributed by atoms with van der Waals surface area (Å²) >= 11 is 0. The maximum Gasteiger partial charge on any atom is 0.335 e. The molecule has 1 aromatic carbocycles. The molecule has 0 spiro atoms. The van der Waals surface area contributed by atoms with E-state index in [1.807, 2.05) is 0 Å². The molecular formula is C13H16N2O4. The van der Waals surface area contributed by atoms with E-state index >= 15 is 0 Å². The highest BCUT2D eigenvalue weighted by Gasteiger charge is 2.16. The van der Waals surface area contributed by atoms with Crippen molar-refractivity contribution in [2.45, 2.75) is 12.5 Å². The number of rotatable bonds is 4. The number of hydrogen-bond donors (Lipinski definition) is 3. The Kier molecular flexibility index (Phi) is 4.48. The second-order valence-electron chi connectivity index (χ2n) is 4.36. The van der Waals surface area contributed by atoms with E-state index in [-0.39, 0.29) is 17.5 Å². The molecule has 6 heteroatoms. The minimum absolute atomic E-state index is 0.0343. The molecule has 0 saturated carbocycles. The van der Waals surface area contributed by atoms with E-state index in [1.54, 1.807) is 12.1 Å². The van der Waals surface area contributed by atoms with Gasteiger partial charge in [0.15, 0.2) is 0 Å². The van der Waals surface area contributed by atoms with Crippen molar-refractivity contribution in [1.82, 2.24) is 5.32 Å². The third kappa shape index (κ3) is 4.04. The minimum Gasteiger partial charge on any atom is -0.478 e. The molecule has 19 heavy (non-hydrogen) atoms.